The molecule has 0 heterocycles. The minimum absolute atomic E-state index is 0.211. The molecular formula is C26H22O3. The molecule has 4 rings (SSSR count). The lowest BCUT2D eigenvalue weighted by Gasteiger charge is -2.12. The normalized spacial score (nSPS) is 11.6. The Labute approximate surface area is 170 Å². The maximum absolute atomic E-state index is 13.0. The lowest BCUT2D eigenvalue weighted by molar-refractivity contribution is 0.0559. The van der Waals surface area contributed by atoms with Crippen LogP contribution in [0.25, 0.3) is 27.1 Å². The zero-order valence-electron chi connectivity index (χ0n) is 16.5. The van der Waals surface area contributed by atoms with Crippen molar-refractivity contribution in [2.45, 2.75) is 6.92 Å². The largest absolute Gasteiger partial charge is 0.497 e. The van der Waals surface area contributed by atoms with E-state index in [1.165, 1.54) is 0 Å². The van der Waals surface area contributed by atoms with E-state index in [0.29, 0.717) is 5.56 Å². The van der Waals surface area contributed by atoms with Gasteiger partial charge in [0.25, 0.3) is 0 Å². The smallest absolute Gasteiger partial charge is 0.339 e. The fraction of sp³-hybridized carbons (Fsp3) is 0.115. The summed E-state index contributed by atoms with van der Waals surface area (Å²) < 4.78 is 10.9. The number of allylic oxidation sites excluding steroid dienone is 1. The fourth-order valence-corrected chi connectivity index (χ4v) is 3.58. The first kappa shape index (κ1) is 18.8. The molecule has 0 saturated carbocycles. The van der Waals surface area contributed by atoms with Crippen LogP contribution >= 0.6 is 0 Å². The number of ether oxygens (including phenoxy) is 2. The van der Waals surface area contributed by atoms with Crippen molar-refractivity contribution in [3.63, 3.8) is 0 Å². The van der Waals surface area contributed by atoms with Gasteiger partial charge in [-0.15, -0.1) is 0 Å². The second-order valence-electron chi connectivity index (χ2n) is 6.81. The highest BCUT2D eigenvalue weighted by Crippen LogP contribution is 2.29. The van der Waals surface area contributed by atoms with Gasteiger partial charge in [0.2, 0.25) is 0 Å². The minimum Gasteiger partial charge on any atom is -0.497 e. The van der Waals surface area contributed by atoms with Crippen molar-refractivity contribution in [3.05, 3.63) is 96.1 Å². The summed E-state index contributed by atoms with van der Waals surface area (Å²) in [5.41, 5.74) is 2.54. The van der Waals surface area contributed by atoms with E-state index < -0.39 is 0 Å². The molecule has 0 aliphatic carbocycles. The van der Waals surface area contributed by atoms with Crippen LogP contribution in [0.15, 0.2) is 84.9 Å². The van der Waals surface area contributed by atoms with Gasteiger partial charge in [0.15, 0.2) is 0 Å². The third kappa shape index (κ3) is 3.72. The molecule has 3 heteroatoms. The van der Waals surface area contributed by atoms with Gasteiger partial charge in [-0.1, -0.05) is 66.7 Å². The molecule has 0 bridgehead atoms. The number of carbonyl (C=O) groups excluding carboxylic acids is 1. The summed E-state index contributed by atoms with van der Waals surface area (Å²) in [6.45, 7) is 2.15. The Morgan fingerprint density at radius 3 is 2.21 bits per heavy atom. The Kier molecular flexibility index (Phi) is 5.30. The molecule has 144 valence electrons. The Morgan fingerprint density at radius 1 is 0.862 bits per heavy atom. The van der Waals surface area contributed by atoms with Crippen LogP contribution in [-0.4, -0.2) is 19.7 Å². The van der Waals surface area contributed by atoms with Gasteiger partial charge in [-0.05, 0) is 57.8 Å². The lowest BCUT2D eigenvalue weighted by atomic mass is 9.97. The molecule has 4 aromatic carbocycles. The van der Waals surface area contributed by atoms with Gasteiger partial charge in [0.05, 0.1) is 12.7 Å². The molecule has 0 saturated heterocycles. The molecule has 0 N–H and O–H groups in total. The van der Waals surface area contributed by atoms with Crippen molar-refractivity contribution < 1.29 is 14.3 Å². The predicted molar refractivity (Wildman–Crippen MR) is 118 cm³/mol. The summed E-state index contributed by atoms with van der Waals surface area (Å²) in [6.07, 6.45) is 1.97. The van der Waals surface area contributed by atoms with Gasteiger partial charge in [0, 0.05) is 0 Å². The Morgan fingerprint density at radius 2 is 1.52 bits per heavy atom. The van der Waals surface area contributed by atoms with Crippen molar-refractivity contribution in [2.24, 2.45) is 0 Å². The molecule has 0 radical (unpaired) electrons. The number of esters is 1. The lowest BCUT2D eigenvalue weighted by Crippen LogP contribution is -2.08. The van der Waals surface area contributed by atoms with Crippen molar-refractivity contribution >= 4 is 33.1 Å². The average Bonchev–Trinajstić information content (AvgIpc) is 2.79. The Balaban J connectivity index is 1.63. The number of hydrogen-bond donors (Lipinski definition) is 0. The van der Waals surface area contributed by atoms with Crippen LogP contribution in [0.3, 0.4) is 0 Å². The number of rotatable bonds is 5. The third-order valence-electron chi connectivity index (χ3n) is 5.16. The minimum atomic E-state index is -0.320. The molecule has 0 unspecified atom stereocenters. The number of benzene rings is 4. The van der Waals surface area contributed by atoms with Crippen LogP contribution < -0.4 is 4.74 Å². The van der Waals surface area contributed by atoms with Gasteiger partial charge in [-0.2, -0.15) is 0 Å². The number of hydrogen-bond acceptors (Lipinski definition) is 3. The van der Waals surface area contributed by atoms with E-state index in [2.05, 4.69) is 6.07 Å². The van der Waals surface area contributed by atoms with Gasteiger partial charge < -0.3 is 9.47 Å². The first-order valence-corrected chi connectivity index (χ1v) is 9.58. The molecule has 0 fully saturated rings. The van der Waals surface area contributed by atoms with Crippen LogP contribution in [0, 0.1) is 0 Å². The maximum Gasteiger partial charge on any atom is 0.339 e. The summed E-state index contributed by atoms with van der Waals surface area (Å²) in [5.74, 6) is 0.476. The van der Waals surface area contributed by atoms with E-state index in [9.17, 15) is 4.79 Å². The standard InChI is InChI=1S/C26H22O3/c1-3-18(19-12-14-21(28-2)15-13-19)17-29-26(27)25-16-20-8-4-5-9-22(20)23-10-6-7-11-24(23)25/h3-16H,17H2,1-2H3/b18-3-. The summed E-state index contributed by atoms with van der Waals surface area (Å²) in [4.78, 5) is 13.0. The average molecular weight is 382 g/mol. The monoisotopic (exact) mass is 382 g/mol. The second kappa shape index (κ2) is 8.19. The number of fused-ring (bicyclic) bond motifs is 3. The van der Waals surface area contributed by atoms with Gasteiger partial charge in [0.1, 0.15) is 12.4 Å². The molecule has 0 aromatic heterocycles. The first-order chi connectivity index (χ1) is 14.2. The van der Waals surface area contributed by atoms with E-state index >= 15 is 0 Å². The fourth-order valence-electron chi connectivity index (χ4n) is 3.58. The van der Waals surface area contributed by atoms with Crippen LogP contribution in [0.2, 0.25) is 0 Å². The van der Waals surface area contributed by atoms with Crippen molar-refractivity contribution in [2.75, 3.05) is 13.7 Å². The molecule has 0 aliphatic rings. The Bertz CT molecular complexity index is 1200. The summed E-state index contributed by atoms with van der Waals surface area (Å²) in [5, 5.41) is 4.12. The van der Waals surface area contributed by atoms with E-state index in [1.54, 1.807) is 7.11 Å². The molecular weight excluding hydrogens is 360 g/mol. The highest BCUT2D eigenvalue weighted by molar-refractivity contribution is 6.16. The number of carbonyl (C=O) groups is 1. The van der Waals surface area contributed by atoms with Crippen molar-refractivity contribution in [1.29, 1.82) is 0 Å². The van der Waals surface area contributed by atoms with E-state index in [-0.39, 0.29) is 12.6 Å². The first-order valence-electron chi connectivity index (χ1n) is 9.58. The summed E-state index contributed by atoms with van der Waals surface area (Å²) in [6, 6.07) is 25.7. The quantitative estimate of drug-likeness (QED) is 0.302. The molecule has 3 nitrogen and oxygen atoms in total. The molecule has 0 spiro atoms. The van der Waals surface area contributed by atoms with Crippen molar-refractivity contribution in [1.82, 2.24) is 0 Å². The summed E-state index contributed by atoms with van der Waals surface area (Å²) in [7, 11) is 1.64. The van der Waals surface area contributed by atoms with Gasteiger partial charge in [-0.25, -0.2) is 4.79 Å². The molecule has 4 aromatic rings. The number of methoxy groups -OCH3 is 1. The summed E-state index contributed by atoms with van der Waals surface area (Å²) >= 11 is 0. The topological polar surface area (TPSA) is 35.5 Å². The zero-order chi connectivity index (χ0) is 20.2. The van der Waals surface area contributed by atoms with Crippen LogP contribution in [0.4, 0.5) is 0 Å². The second-order valence-corrected chi connectivity index (χ2v) is 6.81. The van der Waals surface area contributed by atoms with E-state index in [1.807, 2.05) is 85.8 Å². The highest BCUT2D eigenvalue weighted by Gasteiger charge is 2.15. The molecule has 0 atom stereocenters. The maximum atomic E-state index is 13.0. The Hall–Kier alpha value is -3.59. The molecule has 0 amide bonds. The van der Waals surface area contributed by atoms with E-state index in [4.69, 9.17) is 9.47 Å². The van der Waals surface area contributed by atoms with Crippen LogP contribution in [0.1, 0.15) is 22.8 Å². The van der Waals surface area contributed by atoms with Crippen molar-refractivity contribution in [3.8, 4) is 5.75 Å². The van der Waals surface area contributed by atoms with Crippen LogP contribution in [-0.2, 0) is 4.74 Å². The SMILES string of the molecule is C/C=C(/COC(=O)c1cc2ccccc2c2ccccc12)c1ccc(OC)cc1. The van der Waals surface area contributed by atoms with E-state index in [0.717, 1.165) is 38.4 Å². The third-order valence-corrected chi connectivity index (χ3v) is 5.16. The van der Waals surface area contributed by atoms with Crippen LogP contribution in [0.5, 0.6) is 5.75 Å². The zero-order valence-corrected chi connectivity index (χ0v) is 16.5. The predicted octanol–water partition coefficient (Wildman–Crippen LogP) is 6.26. The molecule has 0 aliphatic heterocycles. The highest BCUT2D eigenvalue weighted by atomic mass is 16.5. The van der Waals surface area contributed by atoms with Gasteiger partial charge in [-0.3, -0.25) is 0 Å². The molecule has 29 heavy (non-hydrogen) atoms. The van der Waals surface area contributed by atoms with Gasteiger partial charge >= 0.3 is 5.97 Å².